The fourth-order valence-electron chi connectivity index (χ4n) is 2.76. The molecule has 0 saturated carbocycles. The summed E-state index contributed by atoms with van der Waals surface area (Å²) in [6, 6.07) is 7.10. The number of hydrogen-bond acceptors (Lipinski definition) is 3. The summed E-state index contributed by atoms with van der Waals surface area (Å²) in [5.74, 6) is 1.24. The van der Waals surface area contributed by atoms with Crippen molar-refractivity contribution in [1.29, 1.82) is 0 Å². The lowest BCUT2D eigenvalue weighted by Gasteiger charge is -2.36. The molecule has 2 atom stereocenters. The van der Waals surface area contributed by atoms with E-state index in [9.17, 15) is 0 Å². The summed E-state index contributed by atoms with van der Waals surface area (Å²) in [7, 11) is 0. The lowest BCUT2D eigenvalue weighted by molar-refractivity contribution is 0.594. The van der Waals surface area contributed by atoms with E-state index in [4.69, 9.17) is 0 Å². The van der Waals surface area contributed by atoms with E-state index < -0.39 is 0 Å². The van der Waals surface area contributed by atoms with Crippen molar-refractivity contribution in [2.24, 2.45) is 0 Å². The van der Waals surface area contributed by atoms with Crippen LogP contribution in [0.4, 0.5) is 5.69 Å². The first-order chi connectivity index (χ1) is 9.65. The molecular weight excluding hydrogens is 332 g/mol. The van der Waals surface area contributed by atoms with Gasteiger partial charge >= 0.3 is 0 Å². The highest BCUT2D eigenvalue weighted by Crippen LogP contribution is 2.33. The molecule has 112 valence electrons. The number of thioether (sulfide) groups is 1. The Morgan fingerprint density at radius 2 is 2.25 bits per heavy atom. The van der Waals surface area contributed by atoms with Crippen LogP contribution in [-0.4, -0.2) is 30.6 Å². The van der Waals surface area contributed by atoms with Gasteiger partial charge < -0.3 is 10.2 Å². The van der Waals surface area contributed by atoms with Gasteiger partial charge in [0, 0.05) is 40.3 Å². The van der Waals surface area contributed by atoms with Crippen LogP contribution in [0.5, 0.6) is 0 Å². The maximum Gasteiger partial charge on any atom is 0.0416 e. The molecule has 0 radical (unpaired) electrons. The van der Waals surface area contributed by atoms with E-state index in [0.29, 0.717) is 6.04 Å². The van der Waals surface area contributed by atoms with Crippen molar-refractivity contribution in [2.45, 2.75) is 38.5 Å². The average molecular weight is 357 g/mol. The minimum absolute atomic E-state index is 0.391. The lowest BCUT2D eigenvalue weighted by Crippen LogP contribution is -2.38. The Balaban J connectivity index is 2.25. The van der Waals surface area contributed by atoms with Gasteiger partial charge in [-0.25, -0.2) is 0 Å². The van der Waals surface area contributed by atoms with Crippen molar-refractivity contribution >= 4 is 33.4 Å². The molecule has 2 unspecified atom stereocenters. The van der Waals surface area contributed by atoms with Crippen LogP contribution in [0.1, 0.15) is 38.8 Å². The quantitative estimate of drug-likeness (QED) is 0.838. The zero-order valence-corrected chi connectivity index (χ0v) is 15.1. The van der Waals surface area contributed by atoms with Crippen LogP contribution < -0.4 is 10.2 Å². The Labute approximate surface area is 135 Å². The van der Waals surface area contributed by atoms with Crippen molar-refractivity contribution in [3.8, 4) is 0 Å². The minimum Gasteiger partial charge on any atom is -0.369 e. The SMILES string of the molecule is CCNC(C)c1cc(Br)ccc1N1CCSC(CC)C1. The van der Waals surface area contributed by atoms with Gasteiger partial charge in [-0.3, -0.25) is 0 Å². The molecule has 0 bridgehead atoms. The van der Waals surface area contributed by atoms with Gasteiger partial charge in [0.25, 0.3) is 0 Å². The van der Waals surface area contributed by atoms with Gasteiger partial charge in [-0.05, 0) is 43.7 Å². The molecule has 1 aliphatic heterocycles. The molecule has 0 amide bonds. The summed E-state index contributed by atoms with van der Waals surface area (Å²) in [6.07, 6.45) is 1.26. The Morgan fingerprint density at radius 3 is 2.95 bits per heavy atom. The minimum atomic E-state index is 0.391. The normalized spacial score (nSPS) is 21.0. The zero-order chi connectivity index (χ0) is 14.5. The summed E-state index contributed by atoms with van der Waals surface area (Å²) < 4.78 is 1.17. The standard InChI is InChI=1S/C16H25BrN2S/c1-4-14-11-19(8-9-20-14)16-7-6-13(17)10-15(16)12(3)18-5-2/h6-7,10,12,14,18H,4-5,8-9,11H2,1-3H3. The maximum absolute atomic E-state index is 3.61. The third-order valence-electron chi connectivity index (χ3n) is 3.90. The first kappa shape index (κ1) is 16.2. The van der Waals surface area contributed by atoms with E-state index >= 15 is 0 Å². The van der Waals surface area contributed by atoms with Crippen molar-refractivity contribution in [2.75, 3.05) is 30.3 Å². The molecule has 1 saturated heterocycles. The highest BCUT2D eigenvalue weighted by Gasteiger charge is 2.22. The van der Waals surface area contributed by atoms with E-state index in [2.05, 4.69) is 76.9 Å². The van der Waals surface area contributed by atoms with Gasteiger partial charge in [-0.1, -0.05) is 29.8 Å². The van der Waals surface area contributed by atoms with E-state index in [1.807, 2.05) is 0 Å². The Morgan fingerprint density at radius 1 is 1.45 bits per heavy atom. The fourth-order valence-corrected chi connectivity index (χ4v) is 4.32. The average Bonchev–Trinajstić information content (AvgIpc) is 2.47. The molecule has 1 fully saturated rings. The Bertz CT molecular complexity index is 438. The largest absolute Gasteiger partial charge is 0.369 e. The summed E-state index contributed by atoms with van der Waals surface area (Å²) in [6.45, 7) is 10.1. The molecule has 1 aliphatic rings. The second-order valence-electron chi connectivity index (χ2n) is 5.33. The zero-order valence-electron chi connectivity index (χ0n) is 12.7. The van der Waals surface area contributed by atoms with Crippen LogP contribution in [0.3, 0.4) is 0 Å². The monoisotopic (exact) mass is 356 g/mol. The van der Waals surface area contributed by atoms with E-state index in [0.717, 1.165) is 18.3 Å². The number of anilines is 1. The molecule has 0 aliphatic carbocycles. The predicted octanol–water partition coefficient (Wildman–Crippen LogP) is 4.45. The molecule has 1 aromatic carbocycles. The topological polar surface area (TPSA) is 15.3 Å². The van der Waals surface area contributed by atoms with Crippen LogP contribution in [0.2, 0.25) is 0 Å². The van der Waals surface area contributed by atoms with Crippen molar-refractivity contribution in [1.82, 2.24) is 5.32 Å². The van der Waals surface area contributed by atoms with Gasteiger partial charge in [-0.2, -0.15) is 11.8 Å². The lowest BCUT2D eigenvalue weighted by atomic mass is 10.0. The van der Waals surface area contributed by atoms with Crippen molar-refractivity contribution in [3.05, 3.63) is 28.2 Å². The van der Waals surface area contributed by atoms with Crippen molar-refractivity contribution < 1.29 is 0 Å². The molecule has 4 heteroatoms. The molecule has 1 heterocycles. The highest BCUT2D eigenvalue weighted by atomic mass is 79.9. The van der Waals surface area contributed by atoms with E-state index in [1.165, 1.54) is 34.4 Å². The third-order valence-corrected chi connectivity index (χ3v) is 5.77. The van der Waals surface area contributed by atoms with Crippen LogP contribution in [0.25, 0.3) is 0 Å². The van der Waals surface area contributed by atoms with Crippen LogP contribution in [0.15, 0.2) is 22.7 Å². The molecule has 20 heavy (non-hydrogen) atoms. The molecule has 1 aromatic rings. The molecule has 0 aromatic heterocycles. The molecule has 2 rings (SSSR count). The number of nitrogens with zero attached hydrogens (tertiary/aromatic N) is 1. The number of benzene rings is 1. The second-order valence-corrected chi connectivity index (χ2v) is 7.65. The Hall–Kier alpha value is -0.190. The van der Waals surface area contributed by atoms with Gasteiger partial charge in [0.15, 0.2) is 0 Å². The van der Waals surface area contributed by atoms with Gasteiger partial charge in [0.05, 0.1) is 0 Å². The predicted molar refractivity (Wildman–Crippen MR) is 95.0 cm³/mol. The molecule has 1 N–H and O–H groups in total. The van der Waals surface area contributed by atoms with E-state index in [1.54, 1.807) is 0 Å². The summed E-state index contributed by atoms with van der Waals surface area (Å²) in [5.41, 5.74) is 2.81. The summed E-state index contributed by atoms with van der Waals surface area (Å²) in [4.78, 5) is 2.57. The first-order valence-electron chi connectivity index (χ1n) is 7.55. The van der Waals surface area contributed by atoms with Crippen LogP contribution in [-0.2, 0) is 0 Å². The fraction of sp³-hybridized carbons (Fsp3) is 0.625. The molecule has 0 spiro atoms. The van der Waals surface area contributed by atoms with Gasteiger partial charge in [-0.15, -0.1) is 0 Å². The Kier molecular flexibility index (Phi) is 6.24. The molecule has 2 nitrogen and oxygen atoms in total. The smallest absolute Gasteiger partial charge is 0.0416 e. The van der Waals surface area contributed by atoms with E-state index in [-0.39, 0.29) is 0 Å². The second kappa shape index (κ2) is 7.71. The number of halogens is 1. The number of rotatable bonds is 5. The summed E-state index contributed by atoms with van der Waals surface area (Å²) in [5, 5.41) is 4.31. The first-order valence-corrected chi connectivity index (χ1v) is 9.39. The van der Waals surface area contributed by atoms with Crippen LogP contribution >= 0.6 is 27.7 Å². The number of hydrogen-bond donors (Lipinski definition) is 1. The van der Waals surface area contributed by atoms with Gasteiger partial charge in [0.2, 0.25) is 0 Å². The van der Waals surface area contributed by atoms with Gasteiger partial charge in [0.1, 0.15) is 0 Å². The summed E-state index contributed by atoms with van der Waals surface area (Å²) >= 11 is 5.74. The maximum atomic E-state index is 3.61. The highest BCUT2D eigenvalue weighted by molar-refractivity contribution is 9.10. The number of nitrogens with one attached hydrogen (secondary N) is 1. The third kappa shape index (κ3) is 3.92. The van der Waals surface area contributed by atoms with Crippen molar-refractivity contribution in [3.63, 3.8) is 0 Å². The molecular formula is C16H25BrN2S. The van der Waals surface area contributed by atoms with Crippen LogP contribution in [0, 0.1) is 0 Å².